The molecule has 2 atom stereocenters. The molecule has 0 saturated carbocycles. The van der Waals surface area contributed by atoms with Gasteiger partial charge < -0.3 is 19.8 Å². The molecule has 1 unspecified atom stereocenters. The summed E-state index contributed by atoms with van der Waals surface area (Å²) in [5, 5.41) is 4.29. The number of piperidine rings is 3. The maximum atomic E-state index is 12.7. The van der Waals surface area contributed by atoms with Crippen LogP contribution in [0.15, 0.2) is 48.7 Å². The quantitative estimate of drug-likeness (QED) is 0.660. The number of aromatic amines is 1. The van der Waals surface area contributed by atoms with Gasteiger partial charge in [0.15, 0.2) is 0 Å². The molecule has 2 N–H and O–H groups in total. The van der Waals surface area contributed by atoms with E-state index in [4.69, 9.17) is 9.47 Å². The Morgan fingerprint density at radius 3 is 2.84 bits per heavy atom. The molecule has 4 aliphatic heterocycles. The van der Waals surface area contributed by atoms with E-state index in [1.54, 1.807) is 0 Å². The number of nitrogens with zero attached hydrogens (tertiary/aromatic N) is 1. The highest BCUT2D eigenvalue weighted by molar-refractivity contribution is 5.95. The predicted octanol–water partition coefficient (Wildman–Crippen LogP) is 4.48. The van der Waals surface area contributed by atoms with Crippen LogP contribution in [-0.4, -0.2) is 48.3 Å². The lowest BCUT2D eigenvalue weighted by Gasteiger charge is -2.44. The summed E-state index contributed by atoms with van der Waals surface area (Å²) < 4.78 is 11.8. The SMILES string of the molecule is O=C(NC1CCOc2cc(-c3c[nH]c4ccccc34)ccc21)O[C@H]1CN2CCC1CC2. The highest BCUT2D eigenvalue weighted by atomic mass is 16.6. The fraction of sp³-hybridized carbons (Fsp3) is 0.400. The third-order valence-corrected chi connectivity index (χ3v) is 7.10. The van der Waals surface area contributed by atoms with E-state index >= 15 is 0 Å². The first-order valence-corrected chi connectivity index (χ1v) is 11.3. The Labute approximate surface area is 181 Å². The number of carbonyl (C=O) groups is 1. The molecule has 0 spiro atoms. The van der Waals surface area contributed by atoms with Gasteiger partial charge in [0.1, 0.15) is 11.9 Å². The Balaban J connectivity index is 1.19. The molecule has 0 radical (unpaired) electrons. The van der Waals surface area contributed by atoms with Crippen LogP contribution in [0.1, 0.15) is 30.9 Å². The van der Waals surface area contributed by atoms with E-state index in [9.17, 15) is 4.79 Å². The summed E-state index contributed by atoms with van der Waals surface area (Å²) in [6, 6.07) is 14.5. The number of rotatable bonds is 3. The Kier molecular flexibility index (Phi) is 4.60. The van der Waals surface area contributed by atoms with Crippen molar-refractivity contribution in [2.75, 3.05) is 26.2 Å². The molecule has 6 nitrogen and oxygen atoms in total. The van der Waals surface area contributed by atoms with Crippen molar-refractivity contribution in [3.8, 4) is 16.9 Å². The number of carbonyl (C=O) groups excluding carboxylic acids is 1. The zero-order chi connectivity index (χ0) is 20.8. The topological polar surface area (TPSA) is 66.6 Å². The maximum Gasteiger partial charge on any atom is 0.407 e. The predicted molar refractivity (Wildman–Crippen MR) is 119 cm³/mol. The van der Waals surface area contributed by atoms with E-state index in [0.29, 0.717) is 12.5 Å². The molecule has 31 heavy (non-hydrogen) atoms. The van der Waals surface area contributed by atoms with Crippen molar-refractivity contribution in [3.05, 3.63) is 54.2 Å². The summed E-state index contributed by atoms with van der Waals surface area (Å²) in [6.07, 6.45) is 4.76. The summed E-state index contributed by atoms with van der Waals surface area (Å²) in [5.74, 6) is 1.35. The molecule has 0 aliphatic carbocycles. The molecule has 3 saturated heterocycles. The van der Waals surface area contributed by atoms with E-state index in [2.05, 4.69) is 51.6 Å². The first-order valence-electron chi connectivity index (χ1n) is 11.3. The second-order valence-electron chi connectivity index (χ2n) is 8.92. The molecule has 2 aromatic carbocycles. The summed E-state index contributed by atoms with van der Waals surface area (Å²) in [4.78, 5) is 18.4. The molecule has 4 aliphatic rings. The first kappa shape index (κ1) is 18.8. The number of nitrogens with one attached hydrogen (secondary N) is 2. The molecule has 3 aromatic rings. The number of H-pyrrole nitrogens is 1. The average molecular weight is 418 g/mol. The third kappa shape index (κ3) is 3.45. The number of amides is 1. The molecule has 3 fully saturated rings. The van der Waals surface area contributed by atoms with Gasteiger partial charge in [-0.05, 0) is 49.5 Å². The largest absolute Gasteiger partial charge is 0.493 e. The van der Waals surface area contributed by atoms with Crippen molar-refractivity contribution >= 4 is 17.0 Å². The van der Waals surface area contributed by atoms with Crippen LogP contribution < -0.4 is 10.1 Å². The lowest BCUT2D eigenvalue weighted by Crippen LogP contribution is -2.52. The molecule has 6 heteroatoms. The van der Waals surface area contributed by atoms with E-state index in [-0.39, 0.29) is 18.2 Å². The molecule has 1 amide bonds. The highest BCUT2D eigenvalue weighted by Gasteiger charge is 2.37. The van der Waals surface area contributed by atoms with Gasteiger partial charge in [-0.1, -0.05) is 30.3 Å². The minimum absolute atomic E-state index is 0.0195. The minimum atomic E-state index is -0.308. The van der Waals surface area contributed by atoms with Crippen LogP contribution in [0.4, 0.5) is 4.79 Å². The maximum absolute atomic E-state index is 12.7. The number of hydrogen-bond acceptors (Lipinski definition) is 4. The molecule has 7 rings (SSSR count). The monoisotopic (exact) mass is 417 g/mol. The molecule has 1 aromatic heterocycles. The van der Waals surface area contributed by atoms with Gasteiger partial charge in [-0.3, -0.25) is 4.90 Å². The van der Waals surface area contributed by atoms with Gasteiger partial charge in [0.05, 0.1) is 12.6 Å². The van der Waals surface area contributed by atoms with Crippen molar-refractivity contribution < 1.29 is 14.3 Å². The van der Waals surface area contributed by atoms with Gasteiger partial charge in [0.2, 0.25) is 0 Å². The van der Waals surface area contributed by atoms with Crippen LogP contribution in [0.5, 0.6) is 5.75 Å². The van der Waals surface area contributed by atoms with Crippen molar-refractivity contribution in [3.63, 3.8) is 0 Å². The number of benzene rings is 2. The number of para-hydroxylation sites is 1. The third-order valence-electron chi connectivity index (χ3n) is 7.10. The van der Waals surface area contributed by atoms with Crippen molar-refractivity contribution in [2.45, 2.75) is 31.4 Å². The normalized spacial score (nSPS) is 26.8. The second-order valence-corrected chi connectivity index (χ2v) is 8.92. The van der Waals surface area contributed by atoms with E-state index in [1.807, 2.05) is 12.3 Å². The standard InChI is InChI=1S/C25H27N3O3/c29-25(31-24-15-28-10-7-16(24)8-11-28)27-22-9-12-30-23-13-17(5-6-19(22)23)20-14-26-21-4-2-1-3-18(20)21/h1-6,13-14,16,22,24,26H,7-12,15H2,(H,27,29)/t22?,24-/m0/s1. The lowest BCUT2D eigenvalue weighted by atomic mass is 9.86. The van der Waals surface area contributed by atoms with Gasteiger partial charge in [0.25, 0.3) is 0 Å². The van der Waals surface area contributed by atoms with Gasteiger partial charge in [-0.15, -0.1) is 0 Å². The van der Waals surface area contributed by atoms with Crippen LogP contribution >= 0.6 is 0 Å². The molecule has 2 bridgehead atoms. The van der Waals surface area contributed by atoms with E-state index < -0.39 is 0 Å². The molecule has 160 valence electrons. The fourth-order valence-electron chi connectivity index (χ4n) is 5.38. The molecular weight excluding hydrogens is 390 g/mol. The van der Waals surface area contributed by atoms with Gasteiger partial charge in [-0.25, -0.2) is 4.79 Å². The smallest absolute Gasteiger partial charge is 0.407 e. The van der Waals surface area contributed by atoms with Crippen LogP contribution in [0.3, 0.4) is 0 Å². The van der Waals surface area contributed by atoms with Crippen LogP contribution in [-0.2, 0) is 4.74 Å². The van der Waals surface area contributed by atoms with Crippen LogP contribution in [0.2, 0.25) is 0 Å². The number of alkyl carbamates (subject to hydrolysis) is 1. The first-order chi connectivity index (χ1) is 15.2. The number of ether oxygens (including phenoxy) is 2. The molecular formula is C25H27N3O3. The van der Waals surface area contributed by atoms with Crippen LogP contribution in [0.25, 0.3) is 22.0 Å². The summed E-state index contributed by atoms with van der Waals surface area (Å²) in [5.41, 5.74) is 4.39. The highest BCUT2D eigenvalue weighted by Crippen LogP contribution is 2.38. The second kappa shape index (κ2) is 7.61. The molecule has 5 heterocycles. The van der Waals surface area contributed by atoms with E-state index in [1.165, 1.54) is 5.39 Å². The Bertz CT molecular complexity index is 1120. The van der Waals surface area contributed by atoms with Crippen molar-refractivity contribution in [2.24, 2.45) is 5.92 Å². The summed E-state index contributed by atoms with van der Waals surface area (Å²) >= 11 is 0. The zero-order valence-electron chi connectivity index (χ0n) is 17.5. The summed E-state index contributed by atoms with van der Waals surface area (Å²) in [6.45, 7) is 3.72. The zero-order valence-corrected chi connectivity index (χ0v) is 17.5. The Morgan fingerprint density at radius 2 is 2.00 bits per heavy atom. The fourth-order valence-corrected chi connectivity index (χ4v) is 5.38. The van der Waals surface area contributed by atoms with Gasteiger partial charge >= 0.3 is 6.09 Å². The van der Waals surface area contributed by atoms with Crippen molar-refractivity contribution in [1.82, 2.24) is 15.2 Å². The van der Waals surface area contributed by atoms with Gasteiger partial charge in [-0.2, -0.15) is 0 Å². The van der Waals surface area contributed by atoms with Crippen LogP contribution in [0, 0.1) is 5.92 Å². The average Bonchev–Trinajstić information content (AvgIpc) is 3.24. The lowest BCUT2D eigenvalue weighted by molar-refractivity contribution is -0.0342. The number of aromatic nitrogens is 1. The minimum Gasteiger partial charge on any atom is -0.493 e. The van der Waals surface area contributed by atoms with Gasteiger partial charge in [0, 0.05) is 41.2 Å². The number of fused-ring (bicyclic) bond motifs is 5. The Morgan fingerprint density at radius 1 is 1.13 bits per heavy atom. The number of hydrogen-bond donors (Lipinski definition) is 2. The van der Waals surface area contributed by atoms with Crippen molar-refractivity contribution in [1.29, 1.82) is 0 Å². The summed E-state index contributed by atoms with van der Waals surface area (Å²) in [7, 11) is 0. The Hall–Kier alpha value is -2.99. The van der Waals surface area contributed by atoms with E-state index in [0.717, 1.165) is 66.9 Å².